The third-order valence-electron chi connectivity index (χ3n) is 2.49. The first-order chi connectivity index (χ1) is 10.6. The first-order valence-corrected chi connectivity index (χ1v) is 5.92. The van der Waals surface area contributed by atoms with Crippen LogP contribution in [0.25, 0.3) is 0 Å². The summed E-state index contributed by atoms with van der Waals surface area (Å²) < 4.78 is 0. The average Bonchev–Trinajstić information content (AvgIpc) is 2.82. The lowest BCUT2D eigenvalue weighted by molar-refractivity contribution is -0.404. The number of nitrogens with zero attached hydrogens (tertiary/aromatic N) is 4. The summed E-state index contributed by atoms with van der Waals surface area (Å²) in [6.45, 7) is 3.95. The van der Waals surface area contributed by atoms with E-state index in [0.29, 0.717) is 12.1 Å². The van der Waals surface area contributed by atoms with Gasteiger partial charge >= 0.3 is 11.4 Å². The number of nitrogens with one attached hydrogen (secondary N) is 1. The van der Waals surface area contributed by atoms with E-state index in [1.165, 1.54) is 0 Å². The van der Waals surface area contributed by atoms with Gasteiger partial charge in [-0.3, -0.25) is 35.4 Å². The molecule has 1 aromatic carbocycles. The second-order valence-electron chi connectivity index (χ2n) is 4.30. The summed E-state index contributed by atoms with van der Waals surface area (Å²) in [5.41, 5.74) is -0.826. The number of aryl methyl sites for hydroxylation is 2. The minimum absolute atomic E-state index is 0.447. The van der Waals surface area contributed by atoms with Crippen LogP contribution in [0.1, 0.15) is 11.4 Å². The number of phenolic OH excluding ortho intramolecular Hbond substituents is 1. The van der Waals surface area contributed by atoms with Gasteiger partial charge in [-0.1, -0.05) is 0 Å². The molecule has 0 bridgehead atoms. The Hall–Kier alpha value is -3.57. The van der Waals surface area contributed by atoms with Gasteiger partial charge in [0, 0.05) is 5.69 Å². The molecular weight excluding hydrogens is 314 g/mol. The molecular formula is C11H11N5O7. The Bertz CT molecular complexity index is 718. The highest BCUT2D eigenvalue weighted by Gasteiger charge is 2.30. The van der Waals surface area contributed by atoms with Crippen molar-refractivity contribution in [2.24, 2.45) is 0 Å². The largest absolute Gasteiger partial charge is 0.497 e. The number of aromatic nitrogens is 2. The molecule has 2 aromatic rings. The topological polar surface area (TPSA) is 178 Å². The summed E-state index contributed by atoms with van der Waals surface area (Å²) in [7, 11) is 0. The highest BCUT2D eigenvalue weighted by Crippen LogP contribution is 2.38. The molecule has 0 aliphatic rings. The SMILES string of the molecule is Cc1cc(C)[nH]n1.O=[N+]([O-])c1cc([N+](=O)[O-])c(O)c([N+](=O)[O-])c1. The molecule has 122 valence electrons. The Morgan fingerprint density at radius 3 is 1.65 bits per heavy atom. The molecule has 0 radical (unpaired) electrons. The van der Waals surface area contributed by atoms with E-state index in [1.807, 2.05) is 19.9 Å². The number of aromatic amines is 1. The second-order valence-corrected chi connectivity index (χ2v) is 4.30. The third kappa shape index (κ3) is 4.45. The van der Waals surface area contributed by atoms with E-state index in [1.54, 1.807) is 0 Å². The maximum Gasteiger partial charge on any atom is 0.324 e. The molecule has 12 heteroatoms. The van der Waals surface area contributed by atoms with E-state index in [9.17, 15) is 30.3 Å². The summed E-state index contributed by atoms with van der Waals surface area (Å²) in [6.07, 6.45) is 0. The van der Waals surface area contributed by atoms with Crippen LogP contribution in [0, 0.1) is 44.2 Å². The Morgan fingerprint density at radius 2 is 1.43 bits per heavy atom. The molecule has 1 heterocycles. The Balaban J connectivity index is 0.000000313. The molecule has 23 heavy (non-hydrogen) atoms. The van der Waals surface area contributed by atoms with Crippen LogP contribution in [0.2, 0.25) is 0 Å². The van der Waals surface area contributed by atoms with Crippen LogP contribution >= 0.6 is 0 Å². The second kappa shape index (κ2) is 6.93. The van der Waals surface area contributed by atoms with Gasteiger partial charge in [-0.2, -0.15) is 5.10 Å². The third-order valence-corrected chi connectivity index (χ3v) is 2.49. The Kier molecular flexibility index (Phi) is 5.27. The predicted molar refractivity (Wildman–Crippen MR) is 76.1 cm³/mol. The number of rotatable bonds is 3. The van der Waals surface area contributed by atoms with E-state index in [0.717, 1.165) is 11.4 Å². The van der Waals surface area contributed by atoms with Crippen molar-refractivity contribution >= 4 is 17.1 Å². The summed E-state index contributed by atoms with van der Waals surface area (Å²) in [5.74, 6) is -1.21. The van der Waals surface area contributed by atoms with E-state index in [4.69, 9.17) is 5.11 Å². The zero-order valence-electron chi connectivity index (χ0n) is 11.9. The van der Waals surface area contributed by atoms with Gasteiger partial charge in [0.05, 0.1) is 32.6 Å². The maximum atomic E-state index is 10.4. The van der Waals surface area contributed by atoms with Gasteiger partial charge in [-0.05, 0) is 19.9 Å². The quantitative estimate of drug-likeness (QED) is 0.636. The number of benzene rings is 1. The summed E-state index contributed by atoms with van der Waals surface area (Å²) >= 11 is 0. The molecule has 0 aliphatic carbocycles. The van der Waals surface area contributed by atoms with Crippen LogP contribution in [-0.4, -0.2) is 30.1 Å². The van der Waals surface area contributed by atoms with Gasteiger partial charge in [-0.15, -0.1) is 0 Å². The van der Waals surface area contributed by atoms with Crippen molar-refractivity contribution in [3.8, 4) is 5.75 Å². The number of hydrogen-bond donors (Lipinski definition) is 2. The highest BCUT2D eigenvalue weighted by molar-refractivity contribution is 5.64. The monoisotopic (exact) mass is 325 g/mol. The number of nitro groups is 3. The van der Waals surface area contributed by atoms with Gasteiger partial charge in [0.1, 0.15) is 0 Å². The number of hydrogen-bond acceptors (Lipinski definition) is 8. The Morgan fingerprint density at radius 1 is 0.957 bits per heavy atom. The van der Waals surface area contributed by atoms with Crippen LogP contribution in [0.3, 0.4) is 0 Å². The van der Waals surface area contributed by atoms with Crippen LogP contribution in [0.15, 0.2) is 18.2 Å². The number of phenols is 1. The first kappa shape index (κ1) is 17.5. The van der Waals surface area contributed by atoms with Crippen molar-refractivity contribution in [2.75, 3.05) is 0 Å². The lowest BCUT2D eigenvalue weighted by Crippen LogP contribution is -1.97. The molecule has 2 rings (SSSR count). The summed E-state index contributed by atoms with van der Waals surface area (Å²) in [4.78, 5) is 27.8. The van der Waals surface area contributed by atoms with Crippen molar-refractivity contribution in [1.29, 1.82) is 0 Å². The molecule has 0 amide bonds. The summed E-state index contributed by atoms with van der Waals surface area (Å²) in [6, 6.07) is 2.89. The van der Waals surface area contributed by atoms with Crippen molar-refractivity contribution in [1.82, 2.24) is 10.2 Å². The Labute approximate surface area is 127 Å². The maximum absolute atomic E-state index is 10.4. The first-order valence-electron chi connectivity index (χ1n) is 5.92. The fourth-order valence-corrected chi connectivity index (χ4v) is 1.53. The average molecular weight is 325 g/mol. The zero-order valence-corrected chi connectivity index (χ0v) is 11.9. The lowest BCUT2D eigenvalue weighted by atomic mass is 10.2. The molecule has 0 saturated carbocycles. The minimum Gasteiger partial charge on any atom is -0.497 e. The van der Waals surface area contributed by atoms with Gasteiger partial charge in [0.2, 0.25) is 0 Å². The van der Waals surface area contributed by atoms with Crippen molar-refractivity contribution < 1.29 is 19.9 Å². The molecule has 0 saturated heterocycles. The summed E-state index contributed by atoms with van der Waals surface area (Å²) in [5, 5.41) is 46.9. The van der Waals surface area contributed by atoms with Crippen molar-refractivity contribution in [3.63, 3.8) is 0 Å². The van der Waals surface area contributed by atoms with Gasteiger partial charge < -0.3 is 5.11 Å². The molecule has 12 nitrogen and oxygen atoms in total. The van der Waals surface area contributed by atoms with Crippen molar-refractivity contribution in [2.45, 2.75) is 13.8 Å². The van der Waals surface area contributed by atoms with Crippen LogP contribution in [0.4, 0.5) is 17.1 Å². The van der Waals surface area contributed by atoms with E-state index >= 15 is 0 Å². The molecule has 0 fully saturated rings. The standard InChI is InChI=1S/C6H3N3O7.C5H8N2/c10-6-4(8(13)14)1-3(7(11)12)2-5(6)9(15)16;1-4-3-5(2)7-6-4/h1-2,10H;3H,1-2H3,(H,6,7). The normalized spacial score (nSPS) is 9.65. The minimum atomic E-state index is -1.21. The zero-order chi connectivity index (χ0) is 17.7. The number of non-ortho nitro benzene ring substituents is 1. The smallest absolute Gasteiger partial charge is 0.324 e. The van der Waals surface area contributed by atoms with Gasteiger partial charge in [-0.25, -0.2) is 0 Å². The molecule has 2 N–H and O–H groups in total. The molecule has 0 spiro atoms. The highest BCUT2D eigenvalue weighted by atomic mass is 16.6. The molecule has 0 aliphatic heterocycles. The molecule has 0 atom stereocenters. The fraction of sp³-hybridized carbons (Fsp3) is 0.182. The number of nitro benzene ring substituents is 3. The fourth-order valence-electron chi connectivity index (χ4n) is 1.53. The van der Waals surface area contributed by atoms with Gasteiger partial charge in [0.15, 0.2) is 0 Å². The van der Waals surface area contributed by atoms with E-state index < -0.39 is 37.6 Å². The number of H-pyrrole nitrogens is 1. The van der Waals surface area contributed by atoms with Gasteiger partial charge in [0.25, 0.3) is 11.4 Å². The van der Waals surface area contributed by atoms with E-state index in [2.05, 4.69) is 10.2 Å². The lowest BCUT2D eigenvalue weighted by Gasteiger charge is -1.97. The predicted octanol–water partition coefficient (Wildman–Crippen LogP) is 2.14. The van der Waals surface area contributed by atoms with Crippen molar-refractivity contribution in [3.05, 3.63) is 59.9 Å². The number of aromatic hydroxyl groups is 1. The van der Waals surface area contributed by atoms with E-state index in [-0.39, 0.29) is 0 Å². The molecule has 0 unspecified atom stereocenters. The molecule has 1 aromatic heterocycles. The van der Waals surface area contributed by atoms with Crippen LogP contribution in [0.5, 0.6) is 5.75 Å². The van der Waals surface area contributed by atoms with Crippen LogP contribution < -0.4 is 0 Å². The van der Waals surface area contributed by atoms with Crippen LogP contribution in [-0.2, 0) is 0 Å².